The van der Waals surface area contributed by atoms with E-state index in [0.29, 0.717) is 23.4 Å². The standard InChI is InChI=1S/C12H22N4O2S/c1-14(7-10-5-3-4-6-18-10)9-16-12(19)15(2)11(8-17)13-16/h10,17H,3-9H2,1-2H3. The van der Waals surface area contributed by atoms with E-state index in [4.69, 9.17) is 17.0 Å². The van der Waals surface area contributed by atoms with E-state index in [9.17, 15) is 5.11 Å². The summed E-state index contributed by atoms with van der Waals surface area (Å²) in [6, 6.07) is 0. The van der Waals surface area contributed by atoms with Crippen molar-refractivity contribution >= 4 is 12.2 Å². The third-order valence-corrected chi connectivity index (χ3v) is 3.92. The Labute approximate surface area is 118 Å². The molecule has 1 aromatic heterocycles. The summed E-state index contributed by atoms with van der Waals surface area (Å²) in [7, 11) is 3.86. The van der Waals surface area contributed by atoms with Crippen LogP contribution < -0.4 is 0 Å². The molecule has 2 rings (SSSR count). The summed E-state index contributed by atoms with van der Waals surface area (Å²) in [5.74, 6) is 0.590. The average molecular weight is 286 g/mol. The molecule has 0 amide bonds. The Morgan fingerprint density at radius 2 is 2.32 bits per heavy atom. The maximum Gasteiger partial charge on any atom is 0.198 e. The van der Waals surface area contributed by atoms with Crippen LogP contribution in [0.2, 0.25) is 0 Å². The zero-order valence-corrected chi connectivity index (χ0v) is 12.4. The fourth-order valence-electron chi connectivity index (χ4n) is 2.35. The molecule has 1 aliphatic rings. The quantitative estimate of drug-likeness (QED) is 0.815. The normalized spacial score (nSPS) is 20.1. The van der Waals surface area contributed by atoms with Crippen molar-refractivity contribution < 1.29 is 9.84 Å². The molecule has 0 aromatic carbocycles. The molecule has 1 N–H and O–H groups in total. The van der Waals surface area contributed by atoms with Crippen LogP contribution in [0.3, 0.4) is 0 Å². The van der Waals surface area contributed by atoms with Crippen LogP contribution in [0.1, 0.15) is 25.1 Å². The minimum Gasteiger partial charge on any atom is -0.388 e. The molecule has 2 heterocycles. The second-order valence-corrected chi connectivity index (χ2v) is 5.45. The van der Waals surface area contributed by atoms with Gasteiger partial charge in [-0.3, -0.25) is 4.90 Å². The molecule has 0 saturated carbocycles. The molecular formula is C12H22N4O2S. The van der Waals surface area contributed by atoms with Gasteiger partial charge in [0.2, 0.25) is 0 Å². The lowest BCUT2D eigenvalue weighted by Gasteiger charge is -2.27. The minimum atomic E-state index is -0.0947. The Bertz CT molecular complexity index is 465. The maximum absolute atomic E-state index is 9.17. The summed E-state index contributed by atoms with van der Waals surface area (Å²) >= 11 is 5.30. The molecule has 19 heavy (non-hydrogen) atoms. The Morgan fingerprint density at radius 1 is 1.53 bits per heavy atom. The second-order valence-electron chi connectivity index (χ2n) is 5.08. The molecule has 7 heteroatoms. The van der Waals surface area contributed by atoms with Crippen LogP contribution in [-0.2, 0) is 25.1 Å². The lowest BCUT2D eigenvalue weighted by Crippen LogP contribution is -2.34. The number of likely N-dealkylation sites (N-methyl/N-ethyl adjacent to an activating group) is 1. The smallest absolute Gasteiger partial charge is 0.198 e. The molecule has 1 aliphatic heterocycles. The zero-order chi connectivity index (χ0) is 13.8. The predicted molar refractivity (Wildman–Crippen MR) is 74.2 cm³/mol. The van der Waals surface area contributed by atoms with E-state index >= 15 is 0 Å². The SMILES string of the molecule is CN(CC1CCCCO1)Cn1nc(CO)n(C)c1=S. The van der Waals surface area contributed by atoms with Crippen molar-refractivity contribution in [3.63, 3.8) is 0 Å². The molecule has 0 bridgehead atoms. The van der Waals surface area contributed by atoms with Crippen molar-refractivity contribution in [3.05, 3.63) is 10.6 Å². The number of hydrogen-bond acceptors (Lipinski definition) is 5. The molecule has 1 saturated heterocycles. The highest BCUT2D eigenvalue weighted by Crippen LogP contribution is 2.13. The Morgan fingerprint density at radius 3 is 2.89 bits per heavy atom. The number of aliphatic hydroxyl groups excluding tert-OH is 1. The number of ether oxygens (including phenoxy) is 1. The van der Waals surface area contributed by atoms with Gasteiger partial charge >= 0.3 is 0 Å². The first kappa shape index (κ1) is 14.6. The maximum atomic E-state index is 9.17. The van der Waals surface area contributed by atoms with E-state index in [-0.39, 0.29) is 6.61 Å². The van der Waals surface area contributed by atoms with Gasteiger partial charge in [0.15, 0.2) is 10.6 Å². The van der Waals surface area contributed by atoms with Gasteiger partial charge in [-0.25, -0.2) is 4.68 Å². The van der Waals surface area contributed by atoms with Gasteiger partial charge in [0, 0.05) is 20.2 Å². The Kier molecular flexibility index (Phi) is 5.09. The molecule has 1 unspecified atom stereocenters. The van der Waals surface area contributed by atoms with E-state index in [0.717, 1.165) is 19.6 Å². The molecular weight excluding hydrogens is 264 g/mol. The number of rotatable bonds is 5. The molecule has 1 aromatic rings. The van der Waals surface area contributed by atoms with Crippen LogP contribution in [0, 0.1) is 4.77 Å². The van der Waals surface area contributed by atoms with E-state index in [1.165, 1.54) is 12.8 Å². The number of hydrogen-bond donors (Lipinski definition) is 1. The highest BCUT2D eigenvalue weighted by molar-refractivity contribution is 7.71. The number of aromatic nitrogens is 3. The summed E-state index contributed by atoms with van der Waals surface area (Å²) in [4.78, 5) is 2.15. The van der Waals surface area contributed by atoms with Crippen molar-refractivity contribution in [2.75, 3.05) is 20.2 Å². The van der Waals surface area contributed by atoms with Crippen molar-refractivity contribution in [2.24, 2.45) is 7.05 Å². The van der Waals surface area contributed by atoms with Crippen LogP contribution in [0.25, 0.3) is 0 Å². The van der Waals surface area contributed by atoms with Crippen molar-refractivity contribution in [3.8, 4) is 0 Å². The first-order valence-electron chi connectivity index (χ1n) is 6.65. The molecule has 108 valence electrons. The fraction of sp³-hybridized carbons (Fsp3) is 0.833. The van der Waals surface area contributed by atoms with Gasteiger partial charge in [0.05, 0.1) is 12.8 Å². The highest BCUT2D eigenvalue weighted by atomic mass is 32.1. The summed E-state index contributed by atoms with van der Waals surface area (Å²) in [5.41, 5.74) is 0. The molecule has 0 aliphatic carbocycles. The monoisotopic (exact) mass is 286 g/mol. The molecule has 6 nitrogen and oxygen atoms in total. The first-order chi connectivity index (χ1) is 9.11. The fourth-order valence-corrected chi connectivity index (χ4v) is 2.55. The highest BCUT2D eigenvalue weighted by Gasteiger charge is 2.16. The molecule has 1 fully saturated rings. The van der Waals surface area contributed by atoms with Crippen LogP contribution in [0.5, 0.6) is 0 Å². The summed E-state index contributed by atoms with van der Waals surface area (Å²) in [6.07, 6.45) is 3.86. The summed E-state index contributed by atoms with van der Waals surface area (Å²) in [5, 5.41) is 13.5. The second kappa shape index (κ2) is 6.60. The molecule has 0 radical (unpaired) electrons. The molecule has 1 atom stereocenters. The largest absolute Gasteiger partial charge is 0.388 e. The van der Waals surface area contributed by atoms with Crippen molar-refractivity contribution in [2.45, 2.75) is 38.6 Å². The van der Waals surface area contributed by atoms with Gasteiger partial charge in [-0.2, -0.15) is 5.10 Å². The van der Waals surface area contributed by atoms with E-state index < -0.39 is 0 Å². The lowest BCUT2D eigenvalue weighted by molar-refractivity contribution is -0.00670. The van der Waals surface area contributed by atoms with Gasteiger partial charge in [-0.1, -0.05) is 0 Å². The third-order valence-electron chi connectivity index (χ3n) is 3.44. The van der Waals surface area contributed by atoms with E-state index in [2.05, 4.69) is 10.00 Å². The van der Waals surface area contributed by atoms with Crippen molar-refractivity contribution in [1.29, 1.82) is 0 Å². The lowest BCUT2D eigenvalue weighted by atomic mass is 10.1. The predicted octanol–water partition coefficient (Wildman–Crippen LogP) is 0.902. The Balaban J connectivity index is 1.94. The van der Waals surface area contributed by atoms with Gasteiger partial charge < -0.3 is 14.4 Å². The zero-order valence-electron chi connectivity index (χ0n) is 11.6. The van der Waals surface area contributed by atoms with Crippen LogP contribution in [0.4, 0.5) is 0 Å². The van der Waals surface area contributed by atoms with Crippen LogP contribution >= 0.6 is 12.2 Å². The minimum absolute atomic E-state index is 0.0947. The van der Waals surface area contributed by atoms with Gasteiger partial charge in [0.25, 0.3) is 0 Å². The Hall–Kier alpha value is -0.760. The average Bonchev–Trinajstić information content (AvgIpc) is 2.67. The van der Waals surface area contributed by atoms with Gasteiger partial charge in [-0.05, 0) is 38.5 Å². The first-order valence-corrected chi connectivity index (χ1v) is 7.06. The molecule has 0 spiro atoms. The van der Waals surface area contributed by atoms with Gasteiger partial charge in [0.1, 0.15) is 6.61 Å². The number of nitrogens with zero attached hydrogens (tertiary/aromatic N) is 4. The van der Waals surface area contributed by atoms with Gasteiger partial charge in [-0.15, -0.1) is 0 Å². The number of aliphatic hydroxyl groups is 1. The van der Waals surface area contributed by atoms with Crippen molar-refractivity contribution in [1.82, 2.24) is 19.2 Å². The van der Waals surface area contributed by atoms with E-state index in [1.807, 2.05) is 14.1 Å². The van der Waals surface area contributed by atoms with E-state index in [1.54, 1.807) is 9.25 Å². The summed E-state index contributed by atoms with van der Waals surface area (Å²) < 4.78 is 9.83. The van der Waals surface area contributed by atoms with Crippen LogP contribution in [0.15, 0.2) is 0 Å². The van der Waals surface area contributed by atoms with Crippen LogP contribution in [-0.4, -0.2) is 50.7 Å². The topological polar surface area (TPSA) is 55.4 Å². The third kappa shape index (κ3) is 3.62. The summed E-state index contributed by atoms with van der Waals surface area (Å²) in [6.45, 7) is 2.28.